The molecule has 2 nitrogen and oxygen atoms in total. The van der Waals surface area contributed by atoms with Gasteiger partial charge in [0.1, 0.15) is 5.01 Å². The third-order valence-electron chi connectivity index (χ3n) is 3.14. The number of hydrogen-bond acceptors (Lipinski definition) is 3. The molecule has 3 heteroatoms. The summed E-state index contributed by atoms with van der Waals surface area (Å²) in [6.07, 6.45) is 4.19. The van der Waals surface area contributed by atoms with Crippen molar-refractivity contribution in [3.63, 3.8) is 0 Å². The molecule has 0 aliphatic rings. The molecule has 0 aliphatic carbocycles. The molecule has 0 saturated heterocycles. The number of hydrogen-bond donors (Lipinski definition) is 0. The molecule has 0 saturated carbocycles. The molecule has 0 spiro atoms. The van der Waals surface area contributed by atoms with E-state index < -0.39 is 0 Å². The van der Waals surface area contributed by atoms with Crippen molar-refractivity contribution in [3.05, 3.63) is 59.1 Å². The predicted octanol–water partition coefficient (Wildman–Crippen LogP) is 5.56. The summed E-state index contributed by atoms with van der Waals surface area (Å²) in [5.41, 5.74) is 3.47. The largest absolute Gasteiger partial charge is 0.378 e. The highest BCUT2D eigenvalue weighted by atomic mass is 32.1. The lowest BCUT2D eigenvalue weighted by molar-refractivity contribution is 1.13. The van der Waals surface area contributed by atoms with Crippen molar-refractivity contribution < 1.29 is 0 Å². The van der Waals surface area contributed by atoms with Gasteiger partial charge in [0.15, 0.2) is 0 Å². The zero-order chi connectivity index (χ0) is 15.9. The van der Waals surface area contributed by atoms with E-state index in [1.165, 1.54) is 16.0 Å². The Morgan fingerprint density at radius 3 is 2.23 bits per heavy atom. The molecule has 2 aromatic carbocycles. The van der Waals surface area contributed by atoms with Gasteiger partial charge in [-0.15, -0.1) is 11.3 Å². The van der Waals surface area contributed by atoms with E-state index in [0.29, 0.717) is 0 Å². The molecular weight excluding hydrogens is 288 g/mol. The number of thiazole rings is 1. The Morgan fingerprint density at radius 2 is 1.59 bits per heavy atom. The van der Waals surface area contributed by atoms with Crippen LogP contribution < -0.4 is 4.90 Å². The summed E-state index contributed by atoms with van der Waals surface area (Å²) in [5, 5.41) is 1.04. The second-order valence-corrected chi connectivity index (χ2v) is 5.90. The molecule has 22 heavy (non-hydrogen) atoms. The molecule has 0 fully saturated rings. The smallest absolute Gasteiger partial charge is 0.117 e. The van der Waals surface area contributed by atoms with E-state index in [2.05, 4.69) is 58.4 Å². The zero-order valence-corrected chi connectivity index (χ0v) is 14.4. The fourth-order valence-electron chi connectivity index (χ4n) is 2.01. The first-order chi connectivity index (χ1) is 10.7. The molecule has 1 aromatic heterocycles. The van der Waals surface area contributed by atoms with Gasteiger partial charge in [-0.05, 0) is 35.9 Å². The SMILES string of the molecule is CC.CN(C)c1ccc(/C=C/c2nc3ccccc3s2)cc1. The molecular formula is C19H22N2S. The first kappa shape index (κ1) is 16.2. The summed E-state index contributed by atoms with van der Waals surface area (Å²) < 4.78 is 1.23. The lowest BCUT2D eigenvalue weighted by Gasteiger charge is -2.11. The Labute approximate surface area is 136 Å². The predicted molar refractivity (Wildman–Crippen MR) is 101 cm³/mol. The van der Waals surface area contributed by atoms with Crippen molar-refractivity contribution in [1.82, 2.24) is 4.98 Å². The van der Waals surface area contributed by atoms with Gasteiger partial charge in [0.25, 0.3) is 0 Å². The number of benzene rings is 2. The number of para-hydroxylation sites is 1. The average molecular weight is 310 g/mol. The van der Waals surface area contributed by atoms with Crippen molar-refractivity contribution in [2.45, 2.75) is 13.8 Å². The van der Waals surface area contributed by atoms with Gasteiger partial charge in [0.05, 0.1) is 10.2 Å². The van der Waals surface area contributed by atoms with E-state index in [-0.39, 0.29) is 0 Å². The summed E-state index contributed by atoms with van der Waals surface area (Å²) in [5.74, 6) is 0. The Balaban J connectivity index is 0.000000847. The molecule has 0 atom stereocenters. The van der Waals surface area contributed by atoms with Gasteiger partial charge in [-0.2, -0.15) is 0 Å². The Hall–Kier alpha value is -2.13. The van der Waals surface area contributed by atoms with Crippen LogP contribution in [0.1, 0.15) is 24.4 Å². The minimum Gasteiger partial charge on any atom is -0.378 e. The second kappa shape index (κ2) is 7.76. The molecule has 0 radical (unpaired) electrons. The van der Waals surface area contributed by atoms with Crippen LogP contribution in [0.25, 0.3) is 22.4 Å². The summed E-state index contributed by atoms with van der Waals surface area (Å²) in [6, 6.07) is 16.7. The lowest BCUT2D eigenvalue weighted by Crippen LogP contribution is -2.07. The molecule has 1 heterocycles. The van der Waals surface area contributed by atoms with Crippen LogP contribution >= 0.6 is 11.3 Å². The zero-order valence-electron chi connectivity index (χ0n) is 13.6. The van der Waals surface area contributed by atoms with Crippen LogP contribution in [-0.4, -0.2) is 19.1 Å². The van der Waals surface area contributed by atoms with Crippen LogP contribution in [0.15, 0.2) is 48.5 Å². The van der Waals surface area contributed by atoms with E-state index >= 15 is 0 Å². The van der Waals surface area contributed by atoms with Crippen LogP contribution in [0.4, 0.5) is 5.69 Å². The van der Waals surface area contributed by atoms with Crippen LogP contribution in [0.5, 0.6) is 0 Å². The Kier molecular flexibility index (Phi) is 5.73. The molecule has 3 rings (SSSR count). The van der Waals surface area contributed by atoms with Crippen LogP contribution in [0.2, 0.25) is 0 Å². The fourth-order valence-corrected chi connectivity index (χ4v) is 2.88. The van der Waals surface area contributed by atoms with Crippen molar-refractivity contribution >= 4 is 39.4 Å². The van der Waals surface area contributed by atoms with Gasteiger partial charge in [-0.3, -0.25) is 0 Å². The maximum absolute atomic E-state index is 4.60. The van der Waals surface area contributed by atoms with Crippen molar-refractivity contribution in [3.8, 4) is 0 Å². The number of nitrogens with zero attached hydrogens (tertiary/aromatic N) is 2. The van der Waals surface area contributed by atoms with Gasteiger partial charge >= 0.3 is 0 Å². The van der Waals surface area contributed by atoms with Crippen LogP contribution in [0, 0.1) is 0 Å². The third-order valence-corrected chi connectivity index (χ3v) is 4.14. The number of aromatic nitrogens is 1. The number of rotatable bonds is 3. The van der Waals surface area contributed by atoms with Crippen LogP contribution in [-0.2, 0) is 0 Å². The van der Waals surface area contributed by atoms with E-state index in [4.69, 9.17) is 0 Å². The van der Waals surface area contributed by atoms with E-state index in [1.807, 2.05) is 40.1 Å². The summed E-state index contributed by atoms with van der Waals surface area (Å²) in [4.78, 5) is 6.70. The molecule has 0 unspecified atom stereocenters. The lowest BCUT2D eigenvalue weighted by atomic mass is 10.2. The van der Waals surface area contributed by atoms with Crippen molar-refractivity contribution in [2.75, 3.05) is 19.0 Å². The second-order valence-electron chi connectivity index (χ2n) is 4.84. The number of fused-ring (bicyclic) bond motifs is 1. The van der Waals surface area contributed by atoms with Crippen molar-refractivity contribution in [1.29, 1.82) is 0 Å². The van der Waals surface area contributed by atoms with Gasteiger partial charge in [0.2, 0.25) is 0 Å². The normalized spacial score (nSPS) is 10.5. The molecule has 114 valence electrons. The van der Waals surface area contributed by atoms with E-state index in [1.54, 1.807) is 11.3 Å². The van der Waals surface area contributed by atoms with E-state index in [0.717, 1.165) is 10.5 Å². The van der Waals surface area contributed by atoms with Gasteiger partial charge in [-0.25, -0.2) is 4.98 Å². The fraction of sp³-hybridized carbons (Fsp3) is 0.211. The average Bonchev–Trinajstić information content (AvgIpc) is 2.98. The maximum Gasteiger partial charge on any atom is 0.117 e. The van der Waals surface area contributed by atoms with Crippen molar-refractivity contribution in [2.24, 2.45) is 0 Å². The molecule has 0 aliphatic heterocycles. The minimum atomic E-state index is 1.04. The highest BCUT2D eigenvalue weighted by molar-refractivity contribution is 7.19. The molecule has 0 bridgehead atoms. The van der Waals surface area contributed by atoms with Gasteiger partial charge in [0, 0.05) is 19.8 Å². The Bertz CT molecular complexity index is 706. The van der Waals surface area contributed by atoms with Crippen LogP contribution in [0.3, 0.4) is 0 Å². The van der Waals surface area contributed by atoms with Gasteiger partial charge in [-0.1, -0.05) is 44.2 Å². The standard InChI is InChI=1S/C17H16N2S.C2H6/c1-19(2)14-10-7-13(8-11-14)9-12-17-18-15-5-3-4-6-16(15)20-17;1-2/h3-12H,1-2H3;1-2H3/b12-9+;. The number of anilines is 1. The topological polar surface area (TPSA) is 16.1 Å². The highest BCUT2D eigenvalue weighted by Gasteiger charge is 1.99. The highest BCUT2D eigenvalue weighted by Crippen LogP contribution is 2.23. The first-order valence-corrected chi connectivity index (χ1v) is 8.35. The summed E-state index contributed by atoms with van der Waals surface area (Å²) in [7, 11) is 4.10. The monoisotopic (exact) mass is 310 g/mol. The quantitative estimate of drug-likeness (QED) is 0.629. The molecule has 3 aromatic rings. The minimum absolute atomic E-state index is 1.04. The Morgan fingerprint density at radius 1 is 0.909 bits per heavy atom. The summed E-state index contributed by atoms with van der Waals surface area (Å²) >= 11 is 1.72. The third kappa shape index (κ3) is 3.95. The molecule has 0 N–H and O–H groups in total. The first-order valence-electron chi connectivity index (χ1n) is 7.53. The van der Waals surface area contributed by atoms with E-state index in [9.17, 15) is 0 Å². The summed E-state index contributed by atoms with van der Waals surface area (Å²) in [6.45, 7) is 4.00. The maximum atomic E-state index is 4.60. The molecule has 0 amide bonds. The van der Waals surface area contributed by atoms with Gasteiger partial charge < -0.3 is 4.90 Å².